The van der Waals surface area contributed by atoms with Crippen LogP contribution in [0.25, 0.3) is 0 Å². The molecule has 0 bridgehead atoms. The molecule has 1 aliphatic heterocycles. The molecule has 0 amide bonds. The van der Waals surface area contributed by atoms with Crippen molar-refractivity contribution in [3.63, 3.8) is 0 Å². The third-order valence-electron chi connectivity index (χ3n) is 4.74. The number of imidazole rings is 1. The van der Waals surface area contributed by atoms with Crippen molar-refractivity contribution in [2.24, 2.45) is 0 Å². The van der Waals surface area contributed by atoms with E-state index in [1.54, 1.807) is 0 Å². The summed E-state index contributed by atoms with van der Waals surface area (Å²) in [5.74, 6) is 1.90. The van der Waals surface area contributed by atoms with Crippen LogP contribution in [0.15, 0.2) is 42.7 Å². The normalized spacial score (nSPS) is 19.4. The molecule has 1 saturated heterocycles. The van der Waals surface area contributed by atoms with Gasteiger partial charge < -0.3 is 9.47 Å². The highest BCUT2D eigenvalue weighted by Gasteiger charge is 2.23. The molecule has 3 rings (SSSR count). The van der Waals surface area contributed by atoms with Gasteiger partial charge in [-0.15, -0.1) is 0 Å². The predicted molar refractivity (Wildman–Crippen MR) is 91.1 cm³/mol. The van der Waals surface area contributed by atoms with Gasteiger partial charge in [0.1, 0.15) is 5.82 Å². The SMILES string of the molecule is CCn1ccnc1C1CCCN(CCCc2ccccc2)C1. The minimum absolute atomic E-state index is 0.612. The van der Waals surface area contributed by atoms with Gasteiger partial charge in [-0.1, -0.05) is 30.3 Å². The van der Waals surface area contributed by atoms with Gasteiger partial charge in [0.2, 0.25) is 0 Å². The number of benzene rings is 1. The largest absolute Gasteiger partial charge is 0.335 e. The molecule has 2 aromatic rings. The molecule has 0 radical (unpaired) electrons. The van der Waals surface area contributed by atoms with Gasteiger partial charge >= 0.3 is 0 Å². The fourth-order valence-corrected chi connectivity index (χ4v) is 3.57. The van der Waals surface area contributed by atoms with Crippen LogP contribution in [0.3, 0.4) is 0 Å². The Morgan fingerprint density at radius 3 is 2.91 bits per heavy atom. The molecule has 1 fully saturated rings. The van der Waals surface area contributed by atoms with Crippen molar-refractivity contribution in [1.29, 1.82) is 0 Å². The Kier molecular flexibility index (Phi) is 5.28. The topological polar surface area (TPSA) is 21.1 Å². The van der Waals surface area contributed by atoms with Crippen molar-refractivity contribution in [3.8, 4) is 0 Å². The Balaban J connectivity index is 1.50. The molecule has 3 nitrogen and oxygen atoms in total. The Labute approximate surface area is 134 Å². The molecular weight excluding hydrogens is 270 g/mol. The molecule has 118 valence electrons. The van der Waals surface area contributed by atoms with Gasteiger partial charge in [-0.25, -0.2) is 4.98 Å². The average Bonchev–Trinajstić information content (AvgIpc) is 3.05. The summed E-state index contributed by atoms with van der Waals surface area (Å²) in [5, 5.41) is 0. The zero-order valence-corrected chi connectivity index (χ0v) is 13.6. The third kappa shape index (κ3) is 3.77. The summed E-state index contributed by atoms with van der Waals surface area (Å²) in [7, 11) is 0. The molecule has 22 heavy (non-hydrogen) atoms. The van der Waals surface area contributed by atoms with Crippen LogP contribution >= 0.6 is 0 Å². The number of aromatic nitrogens is 2. The van der Waals surface area contributed by atoms with Crippen LogP contribution in [0.2, 0.25) is 0 Å². The number of nitrogens with zero attached hydrogens (tertiary/aromatic N) is 3. The Hall–Kier alpha value is -1.61. The van der Waals surface area contributed by atoms with E-state index >= 15 is 0 Å². The van der Waals surface area contributed by atoms with Gasteiger partial charge in [0.05, 0.1) is 0 Å². The van der Waals surface area contributed by atoms with Gasteiger partial charge in [-0.2, -0.15) is 0 Å². The molecule has 1 aromatic heterocycles. The number of piperidine rings is 1. The summed E-state index contributed by atoms with van der Waals surface area (Å²) in [6.45, 7) is 6.85. The van der Waals surface area contributed by atoms with Gasteiger partial charge in [-0.05, 0) is 51.3 Å². The highest BCUT2D eigenvalue weighted by molar-refractivity contribution is 5.14. The van der Waals surface area contributed by atoms with Crippen molar-refractivity contribution >= 4 is 0 Å². The first-order valence-electron chi connectivity index (χ1n) is 8.64. The lowest BCUT2D eigenvalue weighted by Crippen LogP contribution is -2.36. The second-order valence-electron chi connectivity index (χ2n) is 6.30. The summed E-state index contributed by atoms with van der Waals surface area (Å²) in [5.41, 5.74) is 1.46. The average molecular weight is 297 g/mol. The Bertz CT molecular complexity index is 561. The lowest BCUT2D eigenvalue weighted by Gasteiger charge is -2.32. The number of aryl methyl sites for hydroxylation is 2. The Morgan fingerprint density at radius 2 is 2.09 bits per heavy atom. The lowest BCUT2D eigenvalue weighted by atomic mass is 9.96. The van der Waals surface area contributed by atoms with Crippen LogP contribution in [0.5, 0.6) is 0 Å². The molecule has 1 unspecified atom stereocenters. The van der Waals surface area contributed by atoms with Gasteiger partial charge in [0.15, 0.2) is 0 Å². The highest BCUT2D eigenvalue weighted by Crippen LogP contribution is 2.26. The molecule has 1 atom stereocenters. The maximum atomic E-state index is 4.61. The molecule has 0 saturated carbocycles. The highest BCUT2D eigenvalue weighted by atomic mass is 15.1. The number of likely N-dealkylation sites (tertiary alicyclic amines) is 1. The van der Waals surface area contributed by atoms with Gasteiger partial charge in [0, 0.05) is 31.4 Å². The molecule has 1 aromatic carbocycles. The first-order chi connectivity index (χ1) is 10.9. The molecule has 0 aliphatic carbocycles. The molecular formula is C19H27N3. The second-order valence-corrected chi connectivity index (χ2v) is 6.30. The zero-order valence-electron chi connectivity index (χ0n) is 13.6. The second kappa shape index (κ2) is 7.59. The van der Waals surface area contributed by atoms with Crippen molar-refractivity contribution < 1.29 is 0 Å². The first-order valence-corrected chi connectivity index (χ1v) is 8.64. The van der Waals surface area contributed by atoms with E-state index in [9.17, 15) is 0 Å². The summed E-state index contributed by atoms with van der Waals surface area (Å²) >= 11 is 0. The van der Waals surface area contributed by atoms with Crippen LogP contribution in [0.4, 0.5) is 0 Å². The quantitative estimate of drug-likeness (QED) is 0.810. The molecule has 3 heteroatoms. The van der Waals surface area contributed by atoms with Crippen LogP contribution in [0, 0.1) is 0 Å². The Morgan fingerprint density at radius 1 is 1.23 bits per heavy atom. The van der Waals surface area contributed by atoms with Crippen molar-refractivity contribution in [1.82, 2.24) is 14.5 Å². The molecule has 2 heterocycles. The van der Waals surface area contributed by atoms with Gasteiger partial charge in [-0.3, -0.25) is 0 Å². The first kappa shape index (κ1) is 15.3. The van der Waals surface area contributed by atoms with E-state index in [1.165, 1.54) is 56.7 Å². The minimum atomic E-state index is 0.612. The van der Waals surface area contributed by atoms with E-state index in [2.05, 4.69) is 57.9 Å². The maximum Gasteiger partial charge on any atom is 0.113 e. The zero-order chi connectivity index (χ0) is 15.2. The number of rotatable bonds is 6. The van der Waals surface area contributed by atoms with E-state index in [0.29, 0.717) is 5.92 Å². The van der Waals surface area contributed by atoms with Gasteiger partial charge in [0.25, 0.3) is 0 Å². The van der Waals surface area contributed by atoms with Crippen molar-refractivity contribution in [3.05, 3.63) is 54.1 Å². The molecule has 0 N–H and O–H groups in total. The summed E-state index contributed by atoms with van der Waals surface area (Å²) in [6, 6.07) is 10.8. The minimum Gasteiger partial charge on any atom is -0.335 e. The van der Waals surface area contributed by atoms with Crippen LogP contribution in [-0.4, -0.2) is 34.1 Å². The fraction of sp³-hybridized carbons (Fsp3) is 0.526. The van der Waals surface area contributed by atoms with Crippen molar-refractivity contribution in [2.75, 3.05) is 19.6 Å². The van der Waals surface area contributed by atoms with E-state index < -0.39 is 0 Å². The van der Waals surface area contributed by atoms with E-state index in [0.717, 1.165) is 6.54 Å². The summed E-state index contributed by atoms with van der Waals surface area (Å²) in [6.07, 6.45) is 9.08. The maximum absolute atomic E-state index is 4.61. The lowest BCUT2D eigenvalue weighted by molar-refractivity contribution is 0.200. The standard InChI is InChI=1S/C19H27N3/c1-2-22-15-12-20-19(22)18-11-7-14-21(16-18)13-6-10-17-8-4-3-5-9-17/h3-5,8-9,12,15,18H,2,6-7,10-11,13-14,16H2,1H3. The van der Waals surface area contributed by atoms with Crippen LogP contribution in [0.1, 0.15) is 43.5 Å². The number of hydrogen-bond acceptors (Lipinski definition) is 2. The third-order valence-corrected chi connectivity index (χ3v) is 4.74. The van der Waals surface area contributed by atoms with Crippen LogP contribution < -0.4 is 0 Å². The van der Waals surface area contributed by atoms with E-state index in [-0.39, 0.29) is 0 Å². The fourth-order valence-electron chi connectivity index (χ4n) is 3.57. The van der Waals surface area contributed by atoms with Crippen LogP contribution in [-0.2, 0) is 13.0 Å². The molecule has 0 spiro atoms. The monoisotopic (exact) mass is 297 g/mol. The summed E-state index contributed by atoms with van der Waals surface area (Å²) in [4.78, 5) is 7.24. The smallest absolute Gasteiger partial charge is 0.113 e. The van der Waals surface area contributed by atoms with E-state index in [4.69, 9.17) is 0 Å². The molecule has 1 aliphatic rings. The predicted octanol–water partition coefficient (Wildman–Crippen LogP) is 3.72. The summed E-state index contributed by atoms with van der Waals surface area (Å²) < 4.78 is 2.30. The van der Waals surface area contributed by atoms with Crippen molar-refractivity contribution in [2.45, 2.75) is 45.1 Å². The number of hydrogen-bond donors (Lipinski definition) is 0. The van der Waals surface area contributed by atoms with E-state index in [1.807, 2.05) is 6.20 Å².